The number of Topliss-reactive ketones (excluding diaryl/α,β-unsaturated/α-hetero) is 1. The van der Waals surface area contributed by atoms with Crippen LogP contribution in [0.1, 0.15) is 35.2 Å². The van der Waals surface area contributed by atoms with Gasteiger partial charge in [-0.2, -0.15) is 0 Å². The molecule has 1 aromatic carbocycles. The number of likely N-dealkylation sites (tertiary alicyclic amines) is 1. The lowest BCUT2D eigenvalue weighted by Crippen LogP contribution is -2.29. The molecule has 160 valence electrons. The second kappa shape index (κ2) is 7.92. The van der Waals surface area contributed by atoms with Gasteiger partial charge in [0.15, 0.2) is 0 Å². The topological polar surface area (TPSA) is 92.6 Å². The zero-order valence-electron chi connectivity index (χ0n) is 17.4. The van der Waals surface area contributed by atoms with Crippen molar-refractivity contribution >= 4 is 17.4 Å². The van der Waals surface area contributed by atoms with Crippen molar-refractivity contribution in [2.75, 3.05) is 0 Å². The van der Waals surface area contributed by atoms with Crippen molar-refractivity contribution in [1.82, 2.24) is 14.9 Å². The van der Waals surface area contributed by atoms with Crippen molar-refractivity contribution in [3.05, 3.63) is 95.1 Å². The monoisotopic (exact) mass is 427 g/mol. The van der Waals surface area contributed by atoms with Crippen LogP contribution in [-0.4, -0.2) is 37.8 Å². The van der Waals surface area contributed by atoms with E-state index in [2.05, 4.69) is 9.97 Å². The Morgan fingerprint density at radius 2 is 1.75 bits per heavy atom. The normalized spacial score (nSPS) is 21.5. The van der Waals surface area contributed by atoms with Gasteiger partial charge in [0.2, 0.25) is 0 Å². The molecule has 1 amide bonds. The van der Waals surface area contributed by atoms with E-state index in [4.69, 9.17) is 4.74 Å². The molecule has 0 spiro atoms. The number of amides is 1. The summed E-state index contributed by atoms with van der Waals surface area (Å²) in [6, 6.07) is 11.7. The highest BCUT2D eigenvalue weighted by Gasteiger charge is 2.46. The Morgan fingerprint density at radius 3 is 2.47 bits per heavy atom. The van der Waals surface area contributed by atoms with E-state index in [1.807, 2.05) is 13.0 Å². The average molecular weight is 427 g/mol. The fourth-order valence-corrected chi connectivity index (χ4v) is 4.35. The molecule has 2 aromatic heterocycles. The van der Waals surface area contributed by atoms with Crippen LogP contribution in [0.3, 0.4) is 0 Å². The van der Waals surface area contributed by atoms with Crippen LogP contribution in [0.4, 0.5) is 0 Å². The quantitative estimate of drug-likeness (QED) is 0.390. The maximum atomic E-state index is 13.1. The lowest BCUT2D eigenvalue weighted by Gasteiger charge is -2.25. The lowest BCUT2D eigenvalue weighted by atomic mass is 9.95. The molecule has 3 aromatic rings. The third kappa shape index (κ3) is 3.41. The molecular formula is C25H21N3O4. The molecule has 32 heavy (non-hydrogen) atoms. The number of fused-ring (bicyclic) bond motifs is 1. The van der Waals surface area contributed by atoms with Crippen LogP contribution in [0.25, 0.3) is 5.76 Å². The van der Waals surface area contributed by atoms with E-state index in [-0.39, 0.29) is 24.0 Å². The highest BCUT2D eigenvalue weighted by molar-refractivity contribution is 6.46. The predicted octanol–water partition coefficient (Wildman–Crippen LogP) is 3.42. The largest absolute Gasteiger partial charge is 0.507 e. The van der Waals surface area contributed by atoms with Crippen LogP contribution in [0.5, 0.6) is 5.75 Å². The van der Waals surface area contributed by atoms with E-state index in [1.165, 1.54) is 4.90 Å². The first-order valence-electron chi connectivity index (χ1n) is 10.4. The molecule has 1 fully saturated rings. The van der Waals surface area contributed by atoms with Crippen LogP contribution < -0.4 is 4.74 Å². The molecule has 0 radical (unpaired) electrons. The van der Waals surface area contributed by atoms with Gasteiger partial charge in [-0.15, -0.1) is 0 Å². The van der Waals surface area contributed by atoms with Crippen molar-refractivity contribution in [2.24, 2.45) is 0 Å². The van der Waals surface area contributed by atoms with Gasteiger partial charge in [0.05, 0.1) is 11.6 Å². The summed E-state index contributed by atoms with van der Waals surface area (Å²) in [5, 5.41) is 11.2. The highest BCUT2D eigenvalue weighted by atomic mass is 16.5. The first-order chi connectivity index (χ1) is 15.5. The van der Waals surface area contributed by atoms with E-state index in [9.17, 15) is 14.7 Å². The second-order valence-corrected chi connectivity index (χ2v) is 8.02. The number of benzene rings is 1. The van der Waals surface area contributed by atoms with Crippen LogP contribution in [0, 0.1) is 0 Å². The summed E-state index contributed by atoms with van der Waals surface area (Å²) in [5.74, 6) is -0.769. The molecule has 2 atom stereocenters. The summed E-state index contributed by atoms with van der Waals surface area (Å²) >= 11 is 0. The van der Waals surface area contributed by atoms with E-state index in [0.717, 1.165) is 23.3 Å². The van der Waals surface area contributed by atoms with E-state index in [1.54, 1.807) is 61.2 Å². The molecular weight excluding hydrogens is 406 g/mol. The van der Waals surface area contributed by atoms with Gasteiger partial charge in [0.25, 0.3) is 11.7 Å². The fraction of sp³-hybridized carbons (Fsp3) is 0.200. The molecule has 0 bridgehead atoms. The molecule has 7 nitrogen and oxygen atoms in total. The Labute approximate surface area is 185 Å². The zero-order valence-corrected chi connectivity index (χ0v) is 17.4. The summed E-state index contributed by atoms with van der Waals surface area (Å²) in [4.78, 5) is 35.7. The third-order valence-corrected chi connectivity index (χ3v) is 5.83. The Kier molecular flexibility index (Phi) is 4.93. The van der Waals surface area contributed by atoms with Crippen LogP contribution in [-0.2, 0) is 22.6 Å². The number of carbonyl (C=O) groups excluding carboxylic acids is 2. The van der Waals surface area contributed by atoms with Gasteiger partial charge in [-0.25, -0.2) is 0 Å². The van der Waals surface area contributed by atoms with Crippen molar-refractivity contribution < 1.29 is 19.4 Å². The summed E-state index contributed by atoms with van der Waals surface area (Å²) in [6.07, 6.45) is 7.28. The number of rotatable bonds is 4. The zero-order chi connectivity index (χ0) is 22.2. The maximum Gasteiger partial charge on any atom is 0.295 e. The summed E-state index contributed by atoms with van der Waals surface area (Å²) < 4.78 is 5.74. The van der Waals surface area contributed by atoms with Crippen LogP contribution in [0.2, 0.25) is 0 Å². The highest BCUT2D eigenvalue weighted by Crippen LogP contribution is 2.41. The minimum absolute atomic E-state index is 0.0603. The molecule has 1 saturated heterocycles. The first-order valence-corrected chi connectivity index (χ1v) is 10.4. The summed E-state index contributed by atoms with van der Waals surface area (Å²) in [7, 11) is 0. The van der Waals surface area contributed by atoms with E-state index >= 15 is 0 Å². The lowest BCUT2D eigenvalue weighted by molar-refractivity contribution is -0.140. The SMILES string of the molecule is CC1Cc2cc(/C(O)=C3/C(=O)C(=O)N(Cc4ccncc4)C3c3ccncc3)ccc2O1. The number of carbonyl (C=O) groups is 2. The number of hydrogen-bond donors (Lipinski definition) is 1. The van der Waals surface area contributed by atoms with Crippen LogP contribution in [0.15, 0.2) is 72.8 Å². The minimum atomic E-state index is -0.727. The van der Waals surface area contributed by atoms with E-state index < -0.39 is 17.7 Å². The Bertz CT molecular complexity index is 1220. The number of aromatic nitrogens is 2. The third-order valence-electron chi connectivity index (χ3n) is 5.83. The van der Waals surface area contributed by atoms with E-state index in [0.29, 0.717) is 11.1 Å². The average Bonchev–Trinajstić information content (AvgIpc) is 3.31. The van der Waals surface area contributed by atoms with Gasteiger partial charge >= 0.3 is 0 Å². The van der Waals surface area contributed by atoms with Gasteiger partial charge in [-0.05, 0) is 66.1 Å². The summed E-state index contributed by atoms with van der Waals surface area (Å²) in [5.41, 5.74) is 3.06. The van der Waals surface area contributed by atoms with Crippen molar-refractivity contribution in [3.8, 4) is 5.75 Å². The Morgan fingerprint density at radius 1 is 1.06 bits per heavy atom. The standard InChI is InChI=1S/C25H21N3O4/c1-15-12-19-13-18(2-3-20(19)32-15)23(29)21-22(17-6-10-27-11-7-17)28(25(31)24(21)30)14-16-4-8-26-9-5-16/h2-11,13,15,22,29H,12,14H2,1H3/b23-21-. The molecule has 2 aliphatic heterocycles. The predicted molar refractivity (Wildman–Crippen MR) is 117 cm³/mol. The number of pyridine rings is 2. The number of ether oxygens (including phenoxy) is 1. The smallest absolute Gasteiger partial charge is 0.295 e. The molecule has 0 saturated carbocycles. The van der Waals surface area contributed by atoms with Gasteiger partial charge in [0, 0.05) is 43.3 Å². The molecule has 5 rings (SSSR count). The van der Waals surface area contributed by atoms with Gasteiger partial charge < -0.3 is 14.7 Å². The number of hydrogen-bond acceptors (Lipinski definition) is 6. The Hall–Kier alpha value is -4.00. The van der Waals surface area contributed by atoms with Crippen LogP contribution >= 0.6 is 0 Å². The molecule has 1 N–H and O–H groups in total. The molecule has 0 aliphatic carbocycles. The fourth-order valence-electron chi connectivity index (χ4n) is 4.35. The van der Waals surface area contributed by atoms with Crippen molar-refractivity contribution in [2.45, 2.75) is 32.0 Å². The van der Waals surface area contributed by atoms with Crippen molar-refractivity contribution in [3.63, 3.8) is 0 Å². The second-order valence-electron chi connectivity index (χ2n) is 8.02. The van der Waals surface area contributed by atoms with Crippen molar-refractivity contribution in [1.29, 1.82) is 0 Å². The molecule has 4 heterocycles. The molecule has 2 unspecified atom stereocenters. The number of aliphatic hydroxyl groups excluding tert-OH is 1. The number of nitrogens with zero attached hydrogens (tertiary/aromatic N) is 3. The number of ketones is 1. The first kappa shape index (κ1) is 19.9. The maximum absolute atomic E-state index is 13.1. The van der Waals surface area contributed by atoms with Gasteiger partial charge in [0.1, 0.15) is 17.6 Å². The number of aliphatic hydroxyl groups is 1. The molecule has 2 aliphatic rings. The Balaban J connectivity index is 1.62. The minimum Gasteiger partial charge on any atom is -0.507 e. The molecule has 7 heteroatoms. The summed E-state index contributed by atoms with van der Waals surface area (Å²) in [6.45, 7) is 2.19. The van der Waals surface area contributed by atoms with Gasteiger partial charge in [-0.3, -0.25) is 19.6 Å². The van der Waals surface area contributed by atoms with Gasteiger partial charge in [-0.1, -0.05) is 0 Å².